The maximum Gasteiger partial charge on any atom is 0.0945 e. The molecule has 0 aliphatic carbocycles. The summed E-state index contributed by atoms with van der Waals surface area (Å²) < 4.78 is 5.89. The summed E-state index contributed by atoms with van der Waals surface area (Å²) in [5, 5.41) is 13.9. The molecule has 2 rings (SSSR count). The number of nitrogens with zero attached hydrogens (tertiary/aromatic N) is 1. The van der Waals surface area contributed by atoms with Crippen molar-refractivity contribution in [1.29, 1.82) is 0 Å². The number of aliphatic hydroxyl groups excluding tert-OH is 1. The molecule has 2 aromatic rings. The molecule has 0 unspecified atom stereocenters. The van der Waals surface area contributed by atoms with Crippen LogP contribution in [0.25, 0.3) is 10.9 Å². The van der Waals surface area contributed by atoms with Gasteiger partial charge in [0.2, 0.25) is 0 Å². The van der Waals surface area contributed by atoms with Crippen molar-refractivity contribution in [2.45, 2.75) is 6.10 Å². The molecule has 4 nitrogen and oxygen atoms in total. The summed E-state index contributed by atoms with van der Waals surface area (Å²) >= 11 is 3.42. The number of hydrogen-bond donors (Lipinski definition) is 2. The van der Waals surface area contributed by atoms with Crippen LogP contribution in [0.5, 0.6) is 0 Å². The first-order chi connectivity index (χ1) is 8.70. The van der Waals surface area contributed by atoms with Crippen molar-refractivity contribution in [2.24, 2.45) is 0 Å². The van der Waals surface area contributed by atoms with Crippen LogP contribution in [0.1, 0.15) is 0 Å². The average molecular weight is 311 g/mol. The maximum atomic E-state index is 9.62. The third-order valence-electron chi connectivity index (χ3n) is 2.59. The summed E-state index contributed by atoms with van der Waals surface area (Å²) in [6, 6.07) is 7.83. The third-order valence-corrected chi connectivity index (χ3v) is 3.09. The van der Waals surface area contributed by atoms with Crippen LogP contribution in [0.4, 0.5) is 5.69 Å². The molecule has 2 N–H and O–H groups in total. The highest BCUT2D eigenvalue weighted by atomic mass is 79.9. The van der Waals surface area contributed by atoms with Crippen LogP contribution in [-0.2, 0) is 4.74 Å². The monoisotopic (exact) mass is 310 g/mol. The molecule has 1 aromatic heterocycles. The Morgan fingerprint density at radius 1 is 1.44 bits per heavy atom. The third kappa shape index (κ3) is 3.19. The van der Waals surface area contributed by atoms with Gasteiger partial charge in [-0.05, 0) is 24.3 Å². The number of rotatable bonds is 5. The summed E-state index contributed by atoms with van der Waals surface area (Å²) in [6.07, 6.45) is 1.23. The van der Waals surface area contributed by atoms with Crippen LogP contribution in [0.15, 0.2) is 34.9 Å². The standard InChI is InChI=1S/C13H15BrN2O2/c1-18-8-10(17)7-16-12-4-5-15-13-6-9(14)2-3-11(12)13/h2-6,10,17H,7-8H2,1H3,(H,15,16)/t10-/m1/s1. The van der Waals surface area contributed by atoms with E-state index in [0.29, 0.717) is 13.2 Å². The van der Waals surface area contributed by atoms with Crippen molar-refractivity contribution in [3.05, 3.63) is 34.9 Å². The number of pyridine rings is 1. The largest absolute Gasteiger partial charge is 0.389 e. The van der Waals surface area contributed by atoms with Crippen molar-refractivity contribution < 1.29 is 9.84 Å². The van der Waals surface area contributed by atoms with E-state index >= 15 is 0 Å². The van der Waals surface area contributed by atoms with E-state index in [9.17, 15) is 5.11 Å². The topological polar surface area (TPSA) is 54.4 Å². The van der Waals surface area contributed by atoms with E-state index in [1.54, 1.807) is 13.3 Å². The second-order valence-corrected chi connectivity index (χ2v) is 4.93. The molecule has 0 spiro atoms. The van der Waals surface area contributed by atoms with Crippen LogP contribution in [0.2, 0.25) is 0 Å². The first-order valence-electron chi connectivity index (χ1n) is 5.66. The lowest BCUT2D eigenvalue weighted by atomic mass is 10.2. The zero-order chi connectivity index (χ0) is 13.0. The van der Waals surface area contributed by atoms with Gasteiger partial charge < -0.3 is 15.2 Å². The Morgan fingerprint density at radius 3 is 3.06 bits per heavy atom. The Balaban J connectivity index is 2.18. The van der Waals surface area contributed by atoms with E-state index in [2.05, 4.69) is 26.2 Å². The number of ether oxygens (including phenoxy) is 1. The van der Waals surface area contributed by atoms with Crippen LogP contribution in [0, 0.1) is 0 Å². The van der Waals surface area contributed by atoms with Gasteiger partial charge in [0.25, 0.3) is 0 Å². The highest BCUT2D eigenvalue weighted by Gasteiger charge is 2.06. The number of aromatic nitrogens is 1. The van der Waals surface area contributed by atoms with Gasteiger partial charge in [-0.3, -0.25) is 4.98 Å². The number of methoxy groups -OCH3 is 1. The van der Waals surface area contributed by atoms with Gasteiger partial charge in [0.1, 0.15) is 0 Å². The van der Waals surface area contributed by atoms with Gasteiger partial charge in [-0.15, -0.1) is 0 Å². The van der Waals surface area contributed by atoms with Gasteiger partial charge in [-0.1, -0.05) is 15.9 Å². The van der Waals surface area contributed by atoms with Gasteiger partial charge in [0.05, 0.1) is 18.2 Å². The number of halogens is 1. The maximum absolute atomic E-state index is 9.62. The molecule has 96 valence electrons. The Hall–Kier alpha value is -1.17. The summed E-state index contributed by atoms with van der Waals surface area (Å²) in [7, 11) is 1.57. The summed E-state index contributed by atoms with van der Waals surface area (Å²) in [5.41, 5.74) is 1.87. The summed E-state index contributed by atoms with van der Waals surface area (Å²) in [6.45, 7) is 0.768. The molecule has 18 heavy (non-hydrogen) atoms. The predicted molar refractivity (Wildman–Crippen MR) is 75.8 cm³/mol. The minimum absolute atomic E-state index is 0.321. The molecular formula is C13H15BrN2O2. The normalized spacial score (nSPS) is 12.6. The van der Waals surface area contributed by atoms with E-state index in [1.165, 1.54) is 0 Å². The molecule has 0 amide bonds. The van der Waals surface area contributed by atoms with E-state index in [1.807, 2.05) is 24.3 Å². The first-order valence-corrected chi connectivity index (χ1v) is 6.45. The van der Waals surface area contributed by atoms with Crippen LogP contribution < -0.4 is 5.32 Å². The second kappa shape index (κ2) is 6.13. The molecule has 0 saturated heterocycles. The van der Waals surface area contributed by atoms with Crippen molar-refractivity contribution in [3.63, 3.8) is 0 Å². The first kappa shape index (κ1) is 13.3. The number of fused-ring (bicyclic) bond motifs is 1. The van der Waals surface area contributed by atoms with Gasteiger partial charge in [0.15, 0.2) is 0 Å². The van der Waals surface area contributed by atoms with Crippen molar-refractivity contribution >= 4 is 32.5 Å². The van der Waals surface area contributed by atoms with E-state index in [0.717, 1.165) is 21.1 Å². The minimum Gasteiger partial charge on any atom is -0.389 e. The zero-order valence-electron chi connectivity index (χ0n) is 10.1. The lowest BCUT2D eigenvalue weighted by Crippen LogP contribution is -2.24. The summed E-state index contributed by atoms with van der Waals surface area (Å²) in [5.74, 6) is 0. The molecule has 1 atom stereocenters. The fourth-order valence-corrected chi connectivity index (χ4v) is 2.10. The SMILES string of the molecule is COC[C@H](O)CNc1ccnc2cc(Br)ccc12. The minimum atomic E-state index is -0.520. The summed E-state index contributed by atoms with van der Waals surface area (Å²) in [4.78, 5) is 4.31. The lowest BCUT2D eigenvalue weighted by molar-refractivity contribution is 0.0728. The number of aliphatic hydroxyl groups is 1. The number of nitrogens with one attached hydrogen (secondary N) is 1. The molecule has 0 bridgehead atoms. The van der Waals surface area contributed by atoms with E-state index in [4.69, 9.17) is 4.74 Å². The molecule has 1 heterocycles. The zero-order valence-corrected chi connectivity index (χ0v) is 11.6. The van der Waals surface area contributed by atoms with Gasteiger partial charge in [0, 0.05) is 35.4 Å². The highest BCUT2D eigenvalue weighted by Crippen LogP contribution is 2.24. The number of benzene rings is 1. The van der Waals surface area contributed by atoms with Crippen molar-refractivity contribution in [2.75, 3.05) is 25.6 Å². The van der Waals surface area contributed by atoms with Gasteiger partial charge in [-0.25, -0.2) is 0 Å². The fourth-order valence-electron chi connectivity index (χ4n) is 1.75. The molecule has 0 fully saturated rings. The Bertz CT molecular complexity index is 533. The van der Waals surface area contributed by atoms with Crippen LogP contribution in [-0.4, -0.2) is 36.5 Å². The predicted octanol–water partition coefficient (Wildman–Crippen LogP) is 2.42. The number of hydrogen-bond acceptors (Lipinski definition) is 4. The molecule has 5 heteroatoms. The quantitative estimate of drug-likeness (QED) is 0.890. The Kier molecular flexibility index (Phi) is 4.52. The molecule has 1 aromatic carbocycles. The van der Waals surface area contributed by atoms with Crippen molar-refractivity contribution in [1.82, 2.24) is 4.98 Å². The Morgan fingerprint density at radius 2 is 2.28 bits per heavy atom. The smallest absolute Gasteiger partial charge is 0.0945 e. The Labute approximate surface area is 114 Å². The molecule has 0 radical (unpaired) electrons. The molecule has 0 saturated carbocycles. The van der Waals surface area contributed by atoms with Gasteiger partial charge in [-0.2, -0.15) is 0 Å². The van der Waals surface area contributed by atoms with Crippen molar-refractivity contribution in [3.8, 4) is 0 Å². The lowest BCUT2D eigenvalue weighted by Gasteiger charge is -2.13. The fraction of sp³-hybridized carbons (Fsp3) is 0.308. The average Bonchev–Trinajstić information content (AvgIpc) is 2.36. The molecular weight excluding hydrogens is 296 g/mol. The number of anilines is 1. The van der Waals surface area contributed by atoms with Crippen LogP contribution >= 0.6 is 15.9 Å². The van der Waals surface area contributed by atoms with E-state index in [-0.39, 0.29) is 0 Å². The van der Waals surface area contributed by atoms with Gasteiger partial charge >= 0.3 is 0 Å². The van der Waals surface area contributed by atoms with Crippen LogP contribution in [0.3, 0.4) is 0 Å². The second-order valence-electron chi connectivity index (χ2n) is 4.01. The molecule has 0 aliphatic rings. The highest BCUT2D eigenvalue weighted by molar-refractivity contribution is 9.10. The molecule has 0 aliphatic heterocycles. The van der Waals surface area contributed by atoms with E-state index < -0.39 is 6.10 Å².